The van der Waals surface area contributed by atoms with Crippen molar-refractivity contribution < 1.29 is 47.9 Å². The summed E-state index contributed by atoms with van der Waals surface area (Å²) >= 11 is 0. The Kier molecular flexibility index (Phi) is 22.1. The molecule has 0 bridgehead atoms. The second kappa shape index (κ2) is 26.3. The minimum absolute atomic E-state index is 0.000201. The van der Waals surface area contributed by atoms with Gasteiger partial charge in [0.1, 0.15) is 36.3 Å². The van der Waals surface area contributed by atoms with Gasteiger partial charge in [0, 0.05) is 46.8 Å². The first-order valence-corrected chi connectivity index (χ1v) is 20.6. The van der Waals surface area contributed by atoms with Crippen molar-refractivity contribution in [2.75, 3.05) is 19.6 Å². The van der Waals surface area contributed by atoms with Crippen LogP contribution in [0.5, 0.6) is 0 Å². The first-order valence-electron chi connectivity index (χ1n) is 20.6. The molecule has 0 spiro atoms. The first kappa shape index (κ1) is 52.9. The number of carbonyl (C=O) groups excluding carboxylic acids is 10. The molecule has 2 rings (SSSR count). The lowest BCUT2D eigenvalue weighted by molar-refractivity contribution is -0.137. The number of amides is 10. The molecule has 0 radical (unpaired) electrons. The molecule has 350 valence electrons. The largest absolute Gasteiger partial charge is 0.756 e. The van der Waals surface area contributed by atoms with Crippen LogP contribution < -0.4 is 37.6 Å². The van der Waals surface area contributed by atoms with Crippen LogP contribution >= 0.6 is 0 Å². The smallest absolute Gasteiger partial charge is 0.243 e. The number of rotatable bonds is 18. The molecule has 23 heteroatoms. The van der Waals surface area contributed by atoms with E-state index >= 15 is 0 Å². The minimum atomic E-state index is -1.72. The van der Waals surface area contributed by atoms with Crippen molar-refractivity contribution in [3.05, 3.63) is 51.5 Å². The molecule has 0 aliphatic carbocycles. The summed E-state index contributed by atoms with van der Waals surface area (Å²) in [6, 6.07) is -0.746. The summed E-state index contributed by atoms with van der Waals surface area (Å²) < 4.78 is 0. The van der Waals surface area contributed by atoms with E-state index in [-0.39, 0.29) is 79.0 Å². The summed E-state index contributed by atoms with van der Waals surface area (Å²) in [5.74, 6) is -9.65. The number of hydrogen-bond acceptors (Lipinski definition) is 13. The van der Waals surface area contributed by atoms with E-state index in [9.17, 15) is 63.6 Å². The molecule has 1 aromatic carbocycles. The maximum Gasteiger partial charge on any atom is 0.243 e. The summed E-state index contributed by atoms with van der Waals surface area (Å²) in [6.07, 6.45) is -2.33. The number of hydroxylamine groups is 6. The fraction of sp³-hybridized carbons (Fsp3) is 0.600. The van der Waals surface area contributed by atoms with Crippen molar-refractivity contribution in [3.8, 4) is 0 Å². The Morgan fingerprint density at radius 2 is 0.857 bits per heavy atom. The van der Waals surface area contributed by atoms with Crippen molar-refractivity contribution in [2.24, 2.45) is 11.7 Å². The Morgan fingerprint density at radius 3 is 1.22 bits per heavy atom. The van der Waals surface area contributed by atoms with Crippen molar-refractivity contribution in [3.63, 3.8) is 0 Å². The number of nitrogens with one attached hydrogen (secondary N) is 6. The van der Waals surface area contributed by atoms with Gasteiger partial charge < -0.3 is 68.4 Å². The molecule has 0 saturated carbocycles. The van der Waals surface area contributed by atoms with Crippen molar-refractivity contribution in [1.82, 2.24) is 47.1 Å². The minimum Gasteiger partial charge on any atom is -0.756 e. The van der Waals surface area contributed by atoms with E-state index in [2.05, 4.69) is 31.9 Å². The third-order valence-corrected chi connectivity index (χ3v) is 9.81. The summed E-state index contributed by atoms with van der Waals surface area (Å²) in [4.78, 5) is 131. The lowest BCUT2D eigenvalue weighted by Crippen LogP contribution is -2.62. The molecule has 1 aliphatic heterocycles. The van der Waals surface area contributed by atoms with E-state index in [1.165, 1.54) is 0 Å². The maximum atomic E-state index is 14.2. The molecule has 1 heterocycles. The Labute approximate surface area is 365 Å². The molecular formula is C40H59N10O13-3. The number of nitrogens with zero attached hydrogens (tertiary/aromatic N) is 3. The number of nitrogens with two attached hydrogens (primary N) is 1. The monoisotopic (exact) mass is 887 g/mol. The van der Waals surface area contributed by atoms with Crippen LogP contribution in [0.3, 0.4) is 0 Å². The highest BCUT2D eigenvalue weighted by molar-refractivity contribution is 5.99. The van der Waals surface area contributed by atoms with E-state index in [1.807, 2.05) is 0 Å². The van der Waals surface area contributed by atoms with Crippen LogP contribution in [0.4, 0.5) is 0 Å². The number of carbonyl (C=O) groups is 10. The molecule has 8 N–H and O–H groups in total. The number of primary amides is 1. The van der Waals surface area contributed by atoms with Crippen molar-refractivity contribution in [2.45, 2.75) is 129 Å². The van der Waals surface area contributed by atoms with E-state index in [1.54, 1.807) is 44.2 Å². The average Bonchev–Trinajstić information content (AvgIpc) is 3.20. The van der Waals surface area contributed by atoms with Gasteiger partial charge in [-0.1, -0.05) is 44.2 Å². The normalized spacial score (nSPS) is 21.6. The van der Waals surface area contributed by atoms with Gasteiger partial charge in [-0.3, -0.25) is 47.9 Å². The highest BCUT2D eigenvalue weighted by atomic mass is 16.5. The zero-order valence-corrected chi connectivity index (χ0v) is 36.1. The van der Waals surface area contributed by atoms with E-state index < -0.39 is 115 Å². The molecule has 1 aromatic rings. The van der Waals surface area contributed by atoms with Gasteiger partial charge in [0.05, 0.1) is 6.42 Å². The molecule has 1 fully saturated rings. The summed E-state index contributed by atoms with van der Waals surface area (Å²) in [6.45, 7) is 5.33. The number of hydrogen-bond donors (Lipinski definition) is 7. The second-order valence-electron chi connectivity index (χ2n) is 15.6. The van der Waals surface area contributed by atoms with Gasteiger partial charge in [0.15, 0.2) is 0 Å². The Morgan fingerprint density at radius 1 is 0.540 bits per heavy atom. The van der Waals surface area contributed by atoms with Crippen molar-refractivity contribution in [1.29, 1.82) is 0 Å². The fourth-order valence-corrected chi connectivity index (χ4v) is 6.40. The van der Waals surface area contributed by atoms with Crippen LogP contribution in [-0.2, 0) is 54.4 Å². The van der Waals surface area contributed by atoms with Gasteiger partial charge in [-0.05, 0) is 56.4 Å². The summed E-state index contributed by atoms with van der Waals surface area (Å²) in [5, 5.41) is 51.7. The molecule has 6 atom stereocenters. The average molecular weight is 888 g/mol. The maximum absolute atomic E-state index is 14.2. The molecule has 0 aromatic heterocycles. The van der Waals surface area contributed by atoms with E-state index in [4.69, 9.17) is 5.73 Å². The van der Waals surface area contributed by atoms with E-state index in [0.29, 0.717) is 5.56 Å². The van der Waals surface area contributed by atoms with Crippen LogP contribution in [0.15, 0.2) is 30.3 Å². The molecule has 1 saturated heterocycles. The lowest BCUT2D eigenvalue weighted by atomic mass is 9.99. The van der Waals surface area contributed by atoms with Crippen LogP contribution in [0.2, 0.25) is 0 Å². The highest BCUT2D eigenvalue weighted by Crippen LogP contribution is 2.12. The Bertz CT molecular complexity index is 1780. The zero-order valence-electron chi connectivity index (χ0n) is 36.1. The van der Waals surface area contributed by atoms with Gasteiger partial charge >= 0.3 is 0 Å². The third kappa shape index (κ3) is 19.2. The lowest BCUT2D eigenvalue weighted by Gasteiger charge is -2.31. The quantitative estimate of drug-likeness (QED) is 0.0823. The standard InChI is InChI=1S/C40H59N10O13/c1-23(2)20-31-38(58)46-32(21-27-12-7-6-8-13-27)39(59)44-29(15-10-18-49(62)25(4)52)36(56)42-28(14-9-17-48(61)24(3)51)35(55)43-30(16-11-19-50(63)26(5)53)37(57)47-33(22-34(41)54)40(60)45-31/h6-8,12-13,23,28-33H,9-11,14-22H2,1-5H3,(H2,41,54)(H,42,56)(H,43,55)(H,44,59)(H,45,60)(H,46,58)(H,47,57)/q-3/t28-,29-,30-,31-,32+,33-/m0/s1. The molecule has 10 amide bonds. The molecule has 1 aliphatic rings. The number of benzene rings is 1. The highest BCUT2D eigenvalue weighted by Gasteiger charge is 2.35. The molecule has 23 nitrogen and oxygen atoms in total. The summed E-state index contributed by atoms with van der Waals surface area (Å²) in [7, 11) is 0. The molecular weight excluding hydrogens is 828 g/mol. The molecule has 63 heavy (non-hydrogen) atoms. The van der Waals surface area contributed by atoms with Crippen LogP contribution in [0.1, 0.15) is 91.5 Å². The van der Waals surface area contributed by atoms with Crippen LogP contribution in [0, 0.1) is 21.5 Å². The topological polar surface area (TPSA) is 348 Å². The predicted octanol–water partition coefficient (Wildman–Crippen LogP) is -1.55. The first-order chi connectivity index (χ1) is 29.6. The van der Waals surface area contributed by atoms with Gasteiger partial charge in [-0.25, -0.2) is 0 Å². The Hall–Kier alpha value is -6.20. The Balaban J connectivity index is 2.76. The van der Waals surface area contributed by atoms with Gasteiger partial charge in [-0.15, -0.1) is 0 Å². The van der Waals surface area contributed by atoms with Gasteiger partial charge in [0.25, 0.3) is 0 Å². The predicted molar refractivity (Wildman–Crippen MR) is 225 cm³/mol. The van der Waals surface area contributed by atoms with E-state index in [0.717, 1.165) is 20.8 Å². The van der Waals surface area contributed by atoms with Gasteiger partial charge in [-0.2, -0.15) is 0 Å². The van der Waals surface area contributed by atoms with Gasteiger partial charge in [0.2, 0.25) is 59.1 Å². The SMILES string of the molecule is CC(=O)N([O-])CCC[C@@H]1NC(=O)[C@H](CCCN([O-])C(C)=O)NC(=O)[C@H](CCCN([O-])C(C)=O)NC(=O)[C@@H](Cc2ccccc2)NC(=O)[C@H](CC(C)C)NC(=O)[C@H](CC(N)=O)NC1=O. The third-order valence-electron chi connectivity index (χ3n) is 9.81. The molecule has 0 unspecified atom stereocenters. The van der Waals surface area contributed by atoms with Crippen molar-refractivity contribution >= 4 is 59.1 Å². The second-order valence-corrected chi connectivity index (χ2v) is 15.6. The summed E-state index contributed by atoms with van der Waals surface area (Å²) in [5.41, 5.74) is 6.02. The van der Waals surface area contributed by atoms with Crippen LogP contribution in [-0.4, -0.2) is 130 Å². The van der Waals surface area contributed by atoms with Crippen LogP contribution in [0.25, 0.3) is 0 Å². The zero-order chi connectivity index (χ0) is 47.4. The fourth-order valence-electron chi connectivity index (χ4n) is 6.40.